The van der Waals surface area contributed by atoms with Gasteiger partial charge in [-0.05, 0) is 29.2 Å². The first-order valence-electron chi connectivity index (χ1n) is 4.08. The molecule has 1 unspecified atom stereocenters. The van der Waals surface area contributed by atoms with Gasteiger partial charge in [-0.2, -0.15) is 0 Å². The lowest BCUT2D eigenvalue weighted by Crippen LogP contribution is -2.01. The largest absolute Gasteiger partial charge is 0.382 e. The van der Waals surface area contributed by atoms with Crippen LogP contribution in [0.4, 0.5) is 8.78 Å². The fourth-order valence-corrected chi connectivity index (χ4v) is 1.67. The highest BCUT2D eigenvalue weighted by Crippen LogP contribution is 2.22. The van der Waals surface area contributed by atoms with Crippen molar-refractivity contribution < 1.29 is 13.9 Å². The average Bonchev–Trinajstić information content (AvgIpc) is 2.67. The van der Waals surface area contributed by atoms with Crippen molar-refractivity contribution in [2.45, 2.75) is 6.10 Å². The van der Waals surface area contributed by atoms with E-state index in [0.29, 0.717) is 0 Å². The van der Waals surface area contributed by atoms with Crippen LogP contribution in [0, 0.1) is 11.6 Å². The predicted octanol–water partition coefficient (Wildman–Crippen LogP) is 1.90. The van der Waals surface area contributed by atoms with Crippen LogP contribution in [0.5, 0.6) is 0 Å². The Morgan fingerprint density at radius 3 is 2.40 bits per heavy atom. The molecule has 0 bridgehead atoms. The Hall–Kier alpha value is -1.40. The highest BCUT2D eigenvalue weighted by Gasteiger charge is 2.15. The fraction of sp³-hybridized carbons (Fsp3) is 0.111. The highest BCUT2D eigenvalue weighted by molar-refractivity contribution is 7.03. The molecule has 1 aromatic heterocycles. The van der Waals surface area contributed by atoms with Crippen LogP contribution < -0.4 is 0 Å². The zero-order valence-electron chi connectivity index (χ0n) is 7.39. The molecule has 1 atom stereocenters. The summed E-state index contributed by atoms with van der Waals surface area (Å²) in [5, 5.41) is 14.8. The van der Waals surface area contributed by atoms with E-state index < -0.39 is 17.7 Å². The quantitative estimate of drug-likeness (QED) is 0.853. The van der Waals surface area contributed by atoms with Crippen LogP contribution >= 0.6 is 11.5 Å². The maximum absolute atomic E-state index is 12.8. The van der Waals surface area contributed by atoms with Crippen molar-refractivity contribution in [3.63, 3.8) is 0 Å². The standard InChI is InChI=1S/C9H6F2N2OS/c10-6-1-5(2-7(11)3-6)9(14)8-4-15-13-12-8/h1-4,9,14H. The summed E-state index contributed by atoms with van der Waals surface area (Å²) in [6.45, 7) is 0. The number of halogens is 2. The molecule has 0 amide bonds. The molecule has 0 radical (unpaired) electrons. The van der Waals surface area contributed by atoms with Crippen LogP contribution in [0.2, 0.25) is 0 Å². The summed E-state index contributed by atoms with van der Waals surface area (Å²) in [4.78, 5) is 0. The second kappa shape index (κ2) is 4.00. The minimum atomic E-state index is -1.14. The first-order chi connectivity index (χ1) is 7.16. The van der Waals surface area contributed by atoms with Crippen molar-refractivity contribution in [1.82, 2.24) is 9.59 Å². The molecule has 1 N–H and O–H groups in total. The second-order valence-corrected chi connectivity index (χ2v) is 3.54. The normalized spacial score (nSPS) is 12.7. The fourth-order valence-electron chi connectivity index (χ4n) is 1.19. The predicted molar refractivity (Wildman–Crippen MR) is 50.3 cm³/mol. The third-order valence-electron chi connectivity index (χ3n) is 1.86. The van der Waals surface area contributed by atoms with Crippen molar-refractivity contribution in [3.8, 4) is 0 Å². The molecule has 15 heavy (non-hydrogen) atoms. The first-order valence-corrected chi connectivity index (χ1v) is 4.91. The monoisotopic (exact) mass is 228 g/mol. The molecule has 0 spiro atoms. The van der Waals surface area contributed by atoms with Gasteiger partial charge in [-0.1, -0.05) is 4.49 Å². The molecule has 2 rings (SSSR count). The highest BCUT2D eigenvalue weighted by atomic mass is 32.1. The van der Waals surface area contributed by atoms with E-state index in [-0.39, 0.29) is 11.3 Å². The first kappa shape index (κ1) is 10.1. The Labute approximate surface area is 88.2 Å². The topological polar surface area (TPSA) is 46.0 Å². The molecular formula is C9H6F2N2OS. The minimum Gasteiger partial charge on any atom is -0.382 e. The third-order valence-corrected chi connectivity index (χ3v) is 2.38. The Morgan fingerprint density at radius 2 is 1.87 bits per heavy atom. The van der Waals surface area contributed by atoms with Gasteiger partial charge < -0.3 is 5.11 Å². The molecule has 0 aliphatic carbocycles. The van der Waals surface area contributed by atoms with Gasteiger partial charge in [-0.3, -0.25) is 0 Å². The molecule has 3 nitrogen and oxygen atoms in total. The van der Waals surface area contributed by atoms with Crippen molar-refractivity contribution in [2.75, 3.05) is 0 Å². The van der Waals surface area contributed by atoms with Crippen molar-refractivity contribution in [1.29, 1.82) is 0 Å². The van der Waals surface area contributed by atoms with Gasteiger partial charge in [0.05, 0.1) is 0 Å². The molecule has 0 saturated heterocycles. The lowest BCUT2D eigenvalue weighted by atomic mass is 10.1. The number of hydrogen-bond donors (Lipinski definition) is 1. The Balaban J connectivity index is 2.37. The van der Waals surface area contributed by atoms with E-state index in [1.165, 1.54) is 5.38 Å². The van der Waals surface area contributed by atoms with E-state index >= 15 is 0 Å². The van der Waals surface area contributed by atoms with E-state index in [1.54, 1.807) is 0 Å². The average molecular weight is 228 g/mol. The van der Waals surface area contributed by atoms with E-state index in [2.05, 4.69) is 9.59 Å². The van der Waals surface area contributed by atoms with Gasteiger partial charge in [0, 0.05) is 11.4 Å². The van der Waals surface area contributed by atoms with Gasteiger partial charge >= 0.3 is 0 Å². The van der Waals surface area contributed by atoms with E-state index in [1.807, 2.05) is 0 Å². The van der Waals surface area contributed by atoms with Crippen molar-refractivity contribution >= 4 is 11.5 Å². The van der Waals surface area contributed by atoms with Gasteiger partial charge in [0.15, 0.2) is 0 Å². The number of aromatic nitrogens is 2. The van der Waals surface area contributed by atoms with E-state index in [9.17, 15) is 13.9 Å². The van der Waals surface area contributed by atoms with Crippen LogP contribution in [-0.2, 0) is 0 Å². The van der Waals surface area contributed by atoms with Crippen LogP contribution in [-0.4, -0.2) is 14.7 Å². The summed E-state index contributed by atoms with van der Waals surface area (Å²) in [6.07, 6.45) is -1.14. The summed E-state index contributed by atoms with van der Waals surface area (Å²) < 4.78 is 29.2. The Kier molecular flexibility index (Phi) is 2.70. The lowest BCUT2D eigenvalue weighted by Gasteiger charge is -2.07. The van der Waals surface area contributed by atoms with Crippen LogP contribution in [0.25, 0.3) is 0 Å². The Morgan fingerprint density at radius 1 is 1.20 bits per heavy atom. The summed E-state index contributed by atoms with van der Waals surface area (Å²) >= 11 is 1.06. The van der Waals surface area contributed by atoms with Gasteiger partial charge in [-0.25, -0.2) is 8.78 Å². The summed E-state index contributed by atoms with van der Waals surface area (Å²) in [6, 6.07) is 2.87. The number of benzene rings is 1. The number of rotatable bonds is 2. The van der Waals surface area contributed by atoms with Crippen LogP contribution in [0.3, 0.4) is 0 Å². The molecule has 78 valence electrons. The molecule has 0 aliphatic heterocycles. The molecule has 0 aliphatic rings. The molecule has 0 saturated carbocycles. The molecule has 1 aromatic carbocycles. The van der Waals surface area contributed by atoms with E-state index in [4.69, 9.17) is 0 Å². The van der Waals surface area contributed by atoms with Gasteiger partial charge in [0.1, 0.15) is 23.4 Å². The molecule has 6 heteroatoms. The van der Waals surface area contributed by atoms with Crippen molar-refractivity contribution in [2.24, 2.45) is 0 Å². The molecule has 0 fully saturated rings. The Bertz CT molecular complexity index is 441. The maximum Gasteiger partial charge on any atom is 0.126 e. The molecule has 2 aromatic rings. The second-order valence-electron chi connectivity index (χ2n) is 2.94. The third kappa shape index (κ3) is 2.16. The summed E-state index contributed by atoms with van der Waals surface area (Å²) in [5.41, 5.74) is 0.408. The van der Waals surface area contributed by atoms with Crippen LogP contribution in [0.1, 0.15) is 17.4 Å². The van der Waals surface area contributed by atoms with Gasteiger partial charge in [0.25, 0.3) is 0 Å². The molecular weight excluding hydrogens is 222 g/mol. The van der Waals surface area contributed by atoms with E-state index in [0.717, 1.165) is 29.7 Å². The van der Waals surface area contributed by atoms with Crippen molar-refractivity contribution in [3.05, 3.63) is 46.5 Å². The van der Waals surface area contributed by atoms with Gasteiger partial charge in [-0.15, -0.1) is 5.10 Å². The molecule has 1 heterocycles. The number of hydrogen-bond acceptors (Lipinski definition) is 4. The maximum atomic E-state index is 12.8. The SMILES string of the molecule is OC(c1cc(F)cc(F)c1)c1csnn1. The van der Waals surface area contributed by atoms with Gasteiger partial charge in [0.2, 0.25) is 0 Å². The smallest absolute Gasteiger partial charge is 0.126 e. The number of nitrogens with zero attached hydrogens (tertiary/aromatic N) is 2. The number of aliphatic hydroxyl groups excluding tert-OH is 1. The van der Waals surface area contributed by atoms with Crippen LogP contribution in [0.15, 0.2) is 23.6 Å². The minimum absolute atomic E-state index is 0.125. The lowest BCUT2D eigenvalue weighted by molar-refractivity contribution is 0.214. The number of aliphatic hydroxyl groups is 1. The summed E-state index contributed by atoms with van der Waals surface area (Å²) in [5.74, 6) is -1.46. The zero-order chi connectivity index (χ0) is 10.8. The zero-order valence-corrected chi connectivity index (χ0v) is 8.21. The summed E-state index contributed by atoms with van der Waals surface area (Å²) in [7, 11) is 0.